The molecule has 0 amide bonds. The second kappa shape index (κ2) is 41.4. The maximum Gasteiger partial charge on any atom is 0.0982 e. The zero-order valence-electron chi connectivity index (χ0n) is 82.6. The molecule has 0 fully saturated rings. The first-order valence-corrected chi connectivity index (χ1v) is 49.6. The molecule has 0 unspecified atom stereocenters. The summed E-state index contributed by atoms with van der Waals surface area (Å²) < 4.78 is 0. The van der Waals surface area contributed by atoms with E-state index < -0.39 is 0 Å². The summed E-state index contributed by atoms with van der Waals surface area (Å²) in [5.74, 6) is 0. The quantitative estimate of drug-likeness (QED) is 0.0803. The molecule has 702 valence electrons. The van der Waals surface area contributed by atoms with Gasteiger partial charge in [0.25, 0.3) is 0 Å². The average Bonchev–Trinajstić information content (AvgIpc) is 0.723. The molecule has 24 aromatic rings. The van der Waals surface area contributed by atoms with Crippen molar-refractivity contribution >= 4 is 33.1 Å². The summed E-state index contributed by atoms with van der Waals surface area (Å²) in [7, 11) is 0. The Morgan fingerprint density at radius 3 is 0.667 bits per heavy atom. The van der Waals surface area contributed by atoms with Crippen molar-refractivity contribution in [2.24, 2.45) is 0 Å². The van der Waals surface area contributed by atoms with Crippen molar-refractivity contribution in [2.75, 3.05) is 0 Å². The standard InChI is InChI=1S/2C46H36N4.C43H30N4/c1-46(2,3)38-30-37(31-14-6-4-7-15-31)44-45(41(38)34-16-8-5-9-17-34)50-43(36-26-22-33(23-27-36)40-19-11-13-29-48-40)42(49-44)35-24-20-32(21-25-35)39-18-10-12-28-47-39;1-46(2,3)40-28-39(33-12-6-4-7-13-33)44-45(41(40)34-14-8-5-9-15-34)50-43(36-24-20-32(21-25-36)38-17-11-27-48-30-38)42(49-44)35-22-18-31(19-23-35)37-16-10-26-47-29-37;1-29-28-38(34-8-4-2-5-9-34)42-43(39(29)35-10-6-3-7-11-35)47-41(37-18-14-31(15-19-37)33-22-26-45-27-23-33)40(46-42)36-16-12-30(13-17-36)32-20-24-44-25-21-32/h2*4-30H,1-3H3;2-28H,1H3. The highest BCUT2D eigenvalue weighted by molar-refractivity contribution is 6.08. The summed E-state index contributed by atoms with van der Waals surface area (Å²) in [6, 6.07) is 150. The van der Waals surface area contributed by atoms with E-state index in [1.807, 2.05) is 128 Å². The molecule has 24 rings (SSSR count). The molecule has 0 N–H and O–H groups in total. The van der Waals surface area contributed by atoms with Crippen molar-refractivity contribution in [3.8, 4) is 201 Å². The maximum absolute atomic E-state index is 5.66. The van der Waals surface area contributed by atoms with Gasteiger partial charge < -0.3 is 0 Å². The minimum atomic E-state index is -0.158. The lowest BCUT2D eigenvalue weighted by Crippen LogP contribution is -2.14. The number of hydrogen-bond acceptors (Lipinski definition) is 12. The van der Waals surface area contributed by atoms with E-state index in [2.05, 4.69) is 430 Å². The van der Waals surface area contributed by atoms with Crippen molar-refractivity contribution in [3.05, 3.63) is 509 Å². The van der Waals surface area contributed by atoms with E-state index in [0.717, 1.165) is 240 Å². The molecule has 12 nitrogen and oxygen atoms in total. The summed E-state index contributed by atoms with van der Waals surface area (Å²) in [5, 5.41) is 0. The highest BCUT2D eigenvalue weighted by Crippen LogP contribution is 2.50. The van der Waals surface area contributed by atoms with Crippen molar-refractivity contribution in [1.29, 1.82) is 0 Å². The molecule has 0 aliphatic carbocycles. The largest absolute Gasteiger partial charge is 0.265 e. The molecule has 0 radical (unpaired) electrons. The molecule has 0 atom stereocenters. The fourth-order valence-corrected chi connectivity index (χ4v) is 19.5. The predicted molar refractivity (Wildman–Crippen MR) is 605 cm³/mol. The Morgan fingerprint density at radius 2 is 0.395 bits per heavy atom. The van der Waals surface area contributed by atoms with Crippen LogP contribution in [0.25, 0.3) is 234 Å². The van der Waals surface area contributed by atoms with E-state index in [-0.39, 0.29) is 10.8 Å². The van der Waals surface area contributed by atoms with Crippen LogP contribution in [-0.4, -0.2) is 59.8 Å². The molecular weight excluding hydrogens is 1790 g/mol. The highest BCUT2D eigenvalue weighted by Gasteiger charge is 2.31. The Morgan fingerprint density at radius 1 is 0.163 bits per heavy atom. The minimum absolute atomic E-state index is 0.156. The van der Waals surface area contributed by atoms with Crippen LogP contribution in [0.5, 0.6) is 0 Å². The van der Waals surface area contributed by atoms with Crippen molar-refractivity contribution < 1.29 is 0 Å². The average molecular weight is 1890 g/mol. The lowest BCUT2D eigenvalue weighted by Gasteiger charge is -2.26. The second-order valence-electron chi connectivity index (χ2n) is 38.7. The van der Waals surface area contributed by atoms with Crippen molar-refractivity contribution in [1.82, 2.24) is 59.8 Å². The van der Waals surface area contributed by atoms with Gasteiger partial charge in [0.15, 0.2) is 0 Å². The molecule has 9 aromatic heterocycles. The Hall–Kier alpha value is -18.8. The molecule has 15 aromatic carbocycles. The Kier molecular flexibility index (Phi) is 26.3. The van der Waals surface area contributed by atoms with Gasteiger partial charge >= 0.3 is 0 Å². The summed E-state index contributed by atoms with van der Waals surface area (Å²) in [6.45, 7) is 15.8. The smallest absolute Gasteiger partial charge is 0.0982 e. The van der Waals surface area contributed by atoms with Crippen LogP contribution in [0.1, 0.15) is 58.2 Å². The van der Waals surface area contributed by atoms with E-state index in [9.17, 15) is 0 Å². The number of aryl methyl sites for hydroxylation is 1. The van der Waals surface area contributed by atoms with E-state index in [1.165, 1.54) is 11.1 Å². The summed E-state index contributed by atoms with van der Waals surface area (Å²) in [4.78, 5) is 59.8. The maximum atomic E-state index is 5.66. The van der Waals surface area contributed by atoms with Gasteiger partial charge in [-0.2, -0.15) is 0 Å². The van der Waals surface area contributed by atoms with Gasteiger partial charge in [-0.25, -0.2) is 29.9 Å². The van der Waals surface area contributed by atoms with Gasteiger partial charge in [0.05, 0.1) is 78.7 Å². The third-order valence-corrected chi connectivity index (χ3v) is 27.0. The molecule has 0 saturated heterocycles. The lowest BCUT2D eigenvalue weighted by molar-refractivity contribution is 0.592. The minimum Gasteiger partial charge on any atom is -0.265 e. The monoisotopic (exact) mass is 1890 g/mol. The fourth-order valence-electron chi connectivity index (χ4n) is 19.5. The number of rotatable bonds is 18. The van der Waals surface area contributed by atoms with Crippen LogP contribution in [0.15, 0.2) is 493 Å². The molecule has 0 aliphatic heterocycles. The van der Waals surface area contributed by atoms with Crippen molar-refractivity contribution in [3.63, 3.8) is 0 Å². The molecule has 0 spiro atoms. The summed E-state index contributed by atoms with van der Waals surface area (Å²) >= 11 is 0. The Bertz CT molecular complexity index is 8400. The zero-order valence-corrected chi connectivity index (χ0v) is 82.6. The molecular formula is C135H102N12. The van der Waals surface area contributed by atoms with Gasteiger partial charge in [-0.05, 0) is 191 Å². The first-order chi connectivity index (χ1) is 72.1. The molecule has 9 heterocycles. The zero-order chi connectivity index (χ0) is 99.7. The normalized spacial score (nSPS) is 11.4. The van der Waals surface area contributed by atoms with Crippen molar-refractivity contribution in [2.45, 2.75) is 59.3 Å². The van der Waals surface area contributed by atoms with Crippen LogP contribution in [0.4, 0.5) is 0 Å². The van der Waals surface area contributed by atoms with Crippen LogP contribution >= 0.6 is 0 Å². The first-order valence-electron chi connectivity index (χ1n) is 49.6. The Labute approximate surface area is 857 Å². The van der Waals surface area contributed by atoms with Gasteiger partial charge in [0, 0.05) is 140 Å². The predicted octanol–water partition coefficient (Wildman–Crippen LogP) is 34.2. The molecule has 12 heteroatoms. The summed E-state index contributed by atoms with van der Waals surface area (Å²) in [5.41, 5.74) is 45.7. The van der Waals surface area contributed by atoms with E-state index >= 15 is 0 Å². The molecule has 0 bridgehead atoms. The van der Waals surface area contributed by atoms with Gasteiger partial charge in [-0.3, -0.25) is 29.9 Å². The second-order valence-corrected chi connectivity index (χ2v) is 38.7. The summed E-state index contributed by atoms with van der Waals surface area (Å²) in [6.07, 6.45) is 18.3. The molecule has 0 saturated carbocycles. The third kappa shape index (κ3) is 19.8. The highest BCUT2D eigenvalue weighted by atomic mass is 14.9. The van der Waals surface area contributed by atoms with Crippen LogP contribution in [0.3, 0.4) is 0 Å². The van der Waals surface area contributed by atoms with Gasteiger partial charge in [-0.1, -0.05) is 393 Å². The van der Waals surface area contributed by atoms with E-state index in [4.69, 9.17) is 29.9 Å². The first kappa shape index (κ1) is 93.2. The number of fused-ring (bicyclic) bond motifs is 3. The third-order valence-electron chi connectivity index (χ3n) is 27.0. The number of benzene rings is 15. The van der Waals surface area contributed by atoms with E-state index in [0.29, 0.717) is 0 Å². The topological polar surface area (TPSA) is 155 Å². The fraction of sp³-hybridized carbons (Fsp3) is 0.0667. The van der Waals surface area contributed by atoms with Crippen LogP contribution in [-0.2, 0) is 10.8 Å². The van der Waals surface area contributed by atoms with Gasteiger partial charge in [0.1, 0.15) is 0 Å². The van der Waals surface area contributed by atoms with E-state index in [1.54, 1.807) is 12.4 Å². The van der Waals surface area contributed by atoms with Gasteiger partial charge in [0.2, 0.25) is 0 Å². The number of pyridine rings is 6. The Balaban J connectivity index is 0.000000125. The number of hydrogen-bond donors (Lipinski definition) is 0. The SMILES string of the molecule is CC(C)(C)c1cc(-c2ccccc2)c2nc(-c3ccc(-c4ccccn4)cc3)c(-c3ccc(-c4ccccn4)cc3)nc2c1-c1ccccc1.CC(C)(C)c1cc(-c2ccccc2)c2nc(-c3ccc(-c4cccnc4)cc3)c(-c3ccc(-c4cccnc4)cc3)nc2c1-c1ccccc1.Cc1cc(-c2ccccc2)c2nc(-c3ccc(-c4ccncc4)cc3)c(-c3ccc(-c4ccncc4)cc3)nc2c1-c1ccccc1. The molecule has 147 heavy (non-hydrogen) atoms. The van der Waals surface area contributed by atoms with Crippen LogP contribution in [0.2, 0.25) is 0 Å². The number of aromatic nitrogens is 12. The van der Waals surface area contributed by atoms with Gasteiger partial charge in [-0.15, -0.1) is 0 Å². The van der Waals surface area contributed by atoms with Crippen LogP contribution in [0, 0.1) is 6.92 Å². The van der Waals surface area contributed by atoms with Crippen LogP contribution < -0.4 is 0 Å². The number of nitrogens with zero attached hydrogens (tertiary/aromatic N) is 12. The molecule has 0 aliphatic rings. The lowest BCUT2D eigenvalue weighted by atomic mass is 9.79.